The standard InChI is InChI=1S/C17H12FN3O.C7H13N/c18-17-8-14(13-3-1-12(9-19)2-4-13)5-6-15(17)7-16(10-20)21-11-22;1-2-6-4-5-8-7(6)3-1/h1-6,8,11,16H,7H2,(H,21,22);6-8H,1-5H2/t16-;6-,7-/m00/s1. The molecule has 2 aromatic carbocycles. The molecule has 1 aliphatic heterocycles. The topological polar surface area (TPSA) is 88.7 Å². The predicted octanol–water partition coefficient (Wildman–Crippen LogP) is 3.69. The minimum atomic E-state index is -0.757. The summed E-state index contributed by atoms with van der Waals surface area (Å²) in [5.41, 5.74) is 2.38. The van der Waals surface area contributed by atoms with Crippen LogP contribution in [0.3, 0.4) is 0 Å². The molecule has 1 saturated heterocycles. The van der Waals surface area contributed by atoms with Crippen LogP contribution in [0.1, 0.15) is 36.8 Å². The smallest absolute Gasteiger partial charge is 0.208 e. The molecule has 2 N–H and O–H groups in total. The fourth-order valence-corrected chi connectivity index (χ4v) is 4.18. The van der Waals surface area contributed by atoms with E-state index in [1.165, 1.54) is 38.3 Å². The lowest BCUT2D eigenvalue weighted by Gasteiger charge is -2.10. The Bertz CT molecular complexity index is 925. The molecule has 1 heterocycles. The largest absolute Gasteiger partial charge is 0.343 e. The molecule has 1 amide bonds. The van der Waals surface area contributed by atoms with Crippen LogP contribution in [0.4, 0.5) is 4.39 Å². The van der Waals surface area contributed by atoms with Gasteiger partial charge in [-0.3, -0.25) is 4.79 Å². The van der Waals surface area contributed by atoms with Gasteiger partial charge in [-0.1, -0.05) is 30.7 Å². The minimum absolute atomic E-state index is 0.106. The summed E-state index contributed by atoms with van der Waals surface area (Å²) in [6.45, 7) is 1.29. The van der Waals surface area contributed by atoms with Crippen LogP contribution in [0.2, 0.25) is 0 Å². The van der Waals surface area contributed by atoms with Gasteiger partial charge in [0.05, 0.1) is 17.7 Å². The van der Waals surface area contributed by atoms with Crippen LogP contribution in [0.25, 0.3) is 11.1 Å². The van der Waals surface area contributed by atoms with Crippen molar-refractivity contribution in [3.05, 3.63) is 59.4 Å². The van der Waals surface area contributed by atoms with Crippen molar-refractivity contribution < 1.29 is 9.18 Å². The zero-order chi connectivity index (χ0) is 21.3. The van der Waals surface area contributed by atoms with Gasteiger partial charge in [-0.15, -0.1) is 0 Å². The molecule has 0 spiro atoms. The van der Waals surface area contributed by atoms with Crippen LogP contribution in [0.5, 0.6) is 0 Å². The highest BCUT2D eigenvalue weighted by molar-refractivity contribution is 5.64. The summed E-state index contributed by atoms with van der Waals surface area (Å²) in [5.74, 6) is 0.629. The summed E-state index contributed by atoms with van der Waals surface area (Å²) in [6.07, 6.45) is 6.40. The number of nitriles is 2. The molecule has 5 nitrogen and oxygen atoms in total. The van der Waals surface area contributed by atoms with Gasteiger partial charge in [0.25, 0.3) is 0 Å². The maximum atomic E-state index is 14.1. The van der Waals surface area contributed by atoms with Gasteiger partial charge in [0, 0.05) is 12.5 Å². The van der Waals surface area contributed by atoms with E-state index in [2.05, 4.69) is 10.6 Å². The molecule has 4 rings (SSSR count). The Labute approximate surface area is 176 Å². The van der Waals surface area contributed by atoms with Gasteiger partial charge in [-0.2, -0.15) is 10.5 Å². The maximum Gasteiger partial charge on any atom is 0.208 e. The van der Waals surface area contributed by atoms with Crippen LogP contribution in [-0.2, 0) is 11.2 Å². The van der Waals surface area contributed by atoms with Crippen molar-refractivity contribution in [3.63, 3.8) is 0 Å². The third-order valence-electron chi connectivity index (χ3n) is 5.83. The third-order valence-corrected chi connectivity index (χ3v) is 5.83. The average Bonchev–Trinajstić information content (AvgIpc) is 3.40. The van der Waals surface area contributed by atoms with Gasteiger partial charge in [0.2, 0.25) is 6.41 Å². The van der Waals surface area contributed by atoms with Crippen LogP contribution in [0, 0.1) is 34.4 Å². The van der Waals surface area contributed by atoms with Crippen molar-refractivity contribution in [1.82, 2.24) is 10.6 Å². The second-order valence-electron chi connectivity index (χ2n) is 7.71. The number of halogens is 1. The number of nitrogens with zero attached hydrogens (tertiary/aromatic N) is 2. The number of carbonyl (C=O) groups is 1. The molecule has 154 valence electrons. The molecule has 1 saturated carbocycles. The quantitative estimate of drug-likeness (QED) is 0.744. The summed E-state index contributed by atoms with van der Waals surface area (Å²) in [4.78, 5) is 10.4. The summed E-state index contributed by atoms with van der Waals surface area (Å²) in [7, 11) is 0. The predicted molar refractivity (Wildman–Crippen MR) is 113 cm³/mol. The lowest BCUT2D eigenvalue weighted by molar-refractivity contribution is -0.109. The van der Waals surface area contributed by atoms with E-state index >= 15 is 0 Å². The number of carbonyl (C=O) groups excluding carboxylic acids is 1. The highest BCUT2D eigenvalue weighted by Crippen LogP contribution is 2.31. The van der Waals surface area contributed by atoms with Crippen molar-refractivity contribution in [2.24, 2.45) is 5.92 Å². The monoisotopic (exact) mass is 404 g/mol. The maximum absolute atomic E-state index is 14.1. The SMILES string of the molecule is C1C[C@H]2CCN[C@H]2C1.N#Cc1ccc(-c2ccc(C[C@@H](C#N)NC=O)c(F)c2)cc1. The first-order valence-corrected chi connectivity index (χ1v) is 10.3. The Hall–Kier alpha value is -3.22. The van der Waals surface area contributed by atoms with E-state index < -0.39 is 11.9 Å². The first kappa shape index (κ1) is 21.5. The van der Waals surface area contributed by atoms with Crippen molar-refractivity contribution >= 4 is 6.41 Å². The summed E-state index contributed by atoms with van der Waals surface area (Å²) in [6, 6.07) is 15.6. The van der Waals surface area contributed by atoms with E-state index in [1.807, 2.05) is 12.1 Å². The fourth-order valence-electron chi connectivity index (χ4n) is 4.18. The van der Waals surface area contributed by atoms with Crippen molar-refractivity contribution in [2.45, 2.75) is 44.2 Å². The number of rotatable bonds is 5. The summed E-state index contributed by atoms with van der Waals surface area (Å²) < 4.78 is 14.1. The molecular formula is C24H25FN4O. The second kappa shape index (κ2) is 10.5. The number of benzene rings is 2. The average molecular weight is 404 g/mol. The van der Waals surface area contributed by atoms with E-state index in [4.69, 9.17) is 10.5 Å². The molecule has 6 heteroatoms. The zero-order valence-corrected chi connectivity index (χ0v) is 16.8. The van der Waals surface area contributed by atoms with E-state index in [0.29, 0.717) is 23.1 Å². The van der Waals surface area contributed by atoms with Crippen LogP contribution in [-0.4, -0.2) is 25.0 Å². The molecular weight excluding hydrogens is 379 g/mol. The van der Waals surface area contributed by atoms with Crippen LogP contribution < -0.4 is 10.6 Å². The highest BCUT2D eigenvalue weighted by atomic mass is 19.1. The first-order chi connectivity index (χ1) is 14.6. The Balaban J connectivity index is 0.000000263. The van der Waals surface area contributed by atoms with Gasteiger partial charge in [-0.25, -0.2) is 4.39 Å². The molecule has 0 unspecified atom stereocenters. The normalized spacial score (nSPS) is 20.1. The zero-order valence-electron chi connectivity index (χ0n) is 16.8. The number of amides is 1. The molecule has 0 radical (unpaired) electrons. The van der Waals surface area contributed by atoms with E-state index in [-0.39, 0.29) is 6.42 Å². The second-order valence-corrected chi connectivity index (χ2v) is 7.71. The highest BCUT2D eigenvalue weighted by Gasteiger charge is 2.30. The van der Waals surface area contributed by atoms with E-state index in [9.17, 15) is 9.18 Å². The molecule has 3 atom stereocenters. The van der Waals surface area contributed by atoms with Crippen LogP contribution >= 0.6 is 0 Å². The lowest BCUT2D eigenvalue weighted by Crippen LogP contribution is -2.28. The molecule has 30 heavy (non-hydrogen) atoms. The minimum Gasteiger partial charge on any atom is -0.343 e. The van der Waals surface area contributed by atoms with Crippen LogP contribution in [0.15, 0.2) is 42.5 Å². The summed E-state index contributed by atoms with van der Waals surface area (Å²) in [5, 5.41) is 23.5. The van der Waals surface area contributed by atoms with E-state index in [1.54, 1.807) is 36.4 Å². The Morgan fingerprint density at radius 3 is 2.53 bits per heavy atom. The van der Waals surface area contributed by atoms with Crippen molar-refractivity contribution in [3.8, 4) is 23.3 Å². The Morgan fingerprint density at radius 1 is 1.13 bits per heavy atom. The van der Waals surface area contributed by atoms with Gasteiger partial charge >= 0.3 is 0 Å². The Morgan fingerprint density at radius 2 is 1.90 bits per heavy atom. The van der Waals surface area contributed by atoms with Crippen molar-refractivity contribution in [1.29, 1.82) is 10.5 Å². The van der Waals surface area contributed by atoms with Gasteiger partial charge in [0.15, 0.2) is 0 Å². The van der Waals surface area contributed by atoms with E-state index in [0.717, 1.165) is 17.5 Å². The molecule has 2 fully saturated rings. The number of fused-ring (bicyclic) bond motifs is 1. The van der Waals surface area contributed by atoms with Gasteiger partial charge in [0.1, 0.15) is 11.9 Å². The third kappa shape index (κ3) is 5.43. The Kier molecular flexibility index (Phi) is 7.54. The molecule has 2 aromatic rings. The number of hydrogen-bond acceptors (Lipinski definition) is 4. The van der Waals surface area contributed by atoms with Gasteiger partial charge < -0.3 is 10.6 Å². The fraction of sp³-hybridized carbons (Fsp3) is 0.375. The molecule has 0 bridgehead atoms. The van der Waals surface area contributed by atoms with Gasteiger partial charge in [-0.05, 0) is 66.6 Å². The number of nitrogens with one attached hydrogen (secondary N) is 2. The number of hydrogen-bond donors (Lipinski definition) is 2. The first-order valence-electron chi connectivity index (χ1n) is 10.3. The molecule has 1 aliphatic carbocycles. The summed E-state index contributed by atoms with van der Waals surface area (Å²) >= 11 is 0. The lowest BCUT2D eigenvalue weighted by atomic mass is 9.99. The molecule has 2 aliphatic rings. The molecule has 0 aromatic heterocycles. The van der Waals surface area contributed by atoms with Crippen molar-refractivity contribution in [2.75, 3.05) is 6.54 Å².